The summed E-state index contributed by atoms with van der Waals surface area (Å²) in [7, 11) is 1.30. The van der Waals surface area contributed by atoms with Gasteiger partial charge in [0.2, 0.25) is 0 Å². The number of urea groups is 1. The van der Waals surface area contributed by atoms with Crippen molar-refractivity contribution in [1.29, 1.82) is 0 Å². The number of hydrogen-bond donors (Lipinski definition) is 0. The number of nitrogens with zero attached hydrogens (tertiary/aromatic N) is 4. The first-order valence-electron chi connectivity index (χ1n) is 6.29. The molecule has 0 atom stereocenters. The Bertz CT molecular complexity index is 596. The van der Waals surface area contributed by atoms with Gasteiger partial charge in [0.25, 0.3) is 0 Å². The number of likely N-dealkylation sites (N-methyl/N-ethyl adjacent to an activating group) is 1. The van der Waals surface area contributed by atoms with Crippen molar-refractivity contribution in [3.8, 4) is 0 Å². The van der Waals surface area contributed by atoms with E-state index in [9.17, 15) is 14.4 Å². The lowest BCUT2D eigenvalue weighted by molar-refractivity contribution is -0.143. The molecule has 1 aromatic heterocycles. The summed E-state index contributed by atoms with van der Waals surface area (Å²) in [6.45, 7) is 4.55. The quantitative estimate of drug-likeness (QED) is 0.607. The third-order valence-electron chi connectivity index (χ3n) is 3.25. The topological polar surface area (TPSA) is 75.5 Å². The standard InChI is InChI=1S/C12H15BrN4O3/c1-4-7-9(13)8(17(5-2)14-7)6-16-11(19)10(18)15(3)12(16)20/h4-6H2,1-3H3. The first-order valence-corrected chi connectivity index (χ1v) is 7.09. The molecule has 7 nitrogen and oxygen atoms in total. The molecule has 0 N–H and O–H groups in total. The van der Waals surface area contributed by atoms with Gasteiger partial charge in [0.15, 0.2) is 0 Å². The van der Waals surface area contributed by atoms with Gasteiger partial charge in [0, 0.05) is 13.6 Å². The van der Waals surface area contributed by atoms with Crippen molar-refractivity contribution in [1.82, 2.24) is 19.6 Å². The Morgan fingerprint density at radius 1 is 1.15 bits per heavy atom. The van der Waals surface area contributed by atoms with Crippen LogP contribution < -0.4 is 0 Å². The second-order valence-corrected chi connectivity index (χ2v) is 5.21. The highest BCUT2D eigenvalue weighted by Crippen LogP contribution is 2.25. The third kappa shape index (κ3) is 2.13. The zero-order valence-corrected chi connectivity index (χ0v) is 13.1. The van der Waals surface area contributed by atoms with Crippen LogP contribution in [0.15, 0.2) is 4.47 Å². The van der Waals surface area contributed by atoms with E-state index in [0.717, 1.165) is 26.4 Å². The van der Waals surface area contributed by atoms with Crippen molar-refractivity contribution < 1.29 is 14.4 Å². The largest absolute Gasteiger partial charge is 0.334 e. The lowest BCUT2D eigenvalue weighted by Gasteiger charge is -2.14. The summed E-state index contributed by atoms with van der Waals surface area (Å²) in [6.07, 6.45) is 0.737. The predicted octanol–water partition coefficient (Wildman–Crippen LogP) is 1.15. The van der Waals surface area contributed by atoms with E-state index >= 15 is 0 Å². The van der Waals surface area contributed by atoms with Crippen LogP contribution in [0.25, 0.3) is 0 Å². The van der Waals surface area contributed by atoms with Gasteiger partial charge in [-0.15, -0.1) is 0 Å². The van der Waals surface area contributed by atoms with E-state index in [1.807, 2.05) is 13.8 Å². The molecular weight excluding hydrogens is 328 g/mol. The molecule has 2 heterocycles. The molecule has 1 saturated heterocycles. The molecule has 0 aliphatic carbocycles. The van der Waals surface area contributed by atoms with Crippen molar-refractivity contribution >= 4 is 33.8 Å². The van der Waals surface area contributed by atoms with Gasteiger partial charge in [-0.2, -0.15) is 5.10 Å². The fraction of sp³-hybridized carbons (Fsp3) is 0.500. The normalized spacial score (nSPS) is 15.7. The van der Waals surface area contributed by atoms with Crippen molar-refractivity contribution in [2.75, 3.05) is 7.05 Å². The Morgan fingerprint density at radius 3 is 2.25 bits per heavy atom. The Balaban J connectivity index is 2.35. The van der Waals surface area contributed by atoms with Crippen LogP contribution in [0.5, 0.6) is 0 Å². The summed E-state index contributed by atoms with van der Waals surface area (Å²) in [5, 5.41) is 4.40. The molecule has 1 aliphatic heterocycles. The van der Waals surface area contributed by atoms with E-state index < -0.39 is 17.8 Å². The lowest BCUT2D eigenvalue weighted by Crippen LogP contribution is -2.32. The van der Waals surface area contributed by atoms with E-state index in [4.69, 9.17) is 0 Å². The molecule has 0 radical (unpaired) electrons. The molecule has 1 aliphatic rings. The van der Waals surface area contributed by atoms with Gasteiger partial charge in [0.05, 0.1) is 22.4 Å². The molecule has 0 saturated carbocycles. The maximum Gasteiger partial charge on any atom is 0.334 e. The molecule has 1 aromatic rings. The van der Waals surface area contributed by atoms with E-state index in [0.29, 0.717) is 12.2 Å². The number of imide groups is 2. The molecule has 108 valence electrons. The molecule has 8 heteroatoms. The fourth-order valence-corrected chi connectivity index (χ4v) is 2.76. The summed E-state index contributed by atoms with van der Waals surface area (Å²) >= 11 is 3.45. The smallest absolute Gasteiger partial charge is 0.267 e. The van der Waals surface area contributed by atoms with Gasteiger partial charge >= 0.3 is 17.8 Å². The second kappa shape index (κ2) is 5.35. The summed E-state index contributed by atoms with van der Waals surface area (Å²) in [5.41, 5.74) is 1.58. The van der Waals surface area contributed by atoms with Gasteiger partial charge < -0.3 is 0 Å². The van der Waals surface area contributed by atoms with Crippen LogP contribution in [-0.2, 0) is 29.1 Å². The molecular formula is C12H15BrN4O3. The number of aryl methyl sites for hydroxylation is 2. The maximum atomic E-state index is 11.9. The van der Waals surface area contributed by atoms with Crippen LogP contribution in [0.2, 0.25) is 0 Å². The van der Waals surface area contributed by atoms with Gasteiger partial charge in [0.1, 0.15) is 0 Å². The van der Waals surface area contributed by atoms with Gasteiger partial charge in [-0.25, -0.2) is 9.69 Å². The van der Waals surface area contributed by atoms with Crippen molar-refractivity contribution in [3.63, 3.8) is 0 Å². The number of hydrogen-bond acceptors (Lipinski definition) is 4. The molecule has 0 unspecified atom stereocenters. The fourth-order valence-electron chi connectivity index (χ4n) is 2.07. The highest BCUT2D eigenvalue weighted by Gasteiger charge is 2.42. The van der Waals surface area contributed by atoms with Crippen LogP contribution in [0, 0.1) is 0 Å². The molecule has 0 bridgehead atoms. The van der Waals surface area contributed by atoms with Crippen LogP contribution in [0.3, 0.4) is 0 Å². The first-order chi connectivity index (χ1) is 9.42. The minimum atomic E-state index is -0.801. The molecule has 0 spiro atoms. The first kappa shape index (κ1) is 14.7. The minimum absolute atomic E-state index is 0.0369. The number of halogens is 1. The Hall–Kier alpha value is -1.70. The molecule has 0 aromatic carbocycles. The van der Waals surface area contributed by atoms with Crippen molar-refractivity contribution in [2.45, 2.75) is 33.4 Å². The molecule has 2 rings (SSSR count). The van der Waals surface area contributed by atoms with Crippen LogP contribution >= 0.6 is 15.9 Å². The van der Waals surface area contributed by atoms with E-state index in [1.165, 1.54) is 7.05 Å². The minimum Gasteiger partial charge on any atom is -0.267 e. The number of aromatic nitrogens is 2. The predicted molar refractivity (Wildman–Crippen MR) is 73.7 cm³/mol. The molecule has 4 amide bonds. The molecule has 20 heavy (non-hydrogen) atoms. The van der Waals surface area contributed by atoms with E-state index in [-0.39, 0.29) is 6.54 Å². The zero-order valence-electron chi connectivity index (χ0n) is 11.5. The maximum absolute atomic E-state index is 11.9. The summed E-state index contributed by atoms with van der Waals surface area (Å²) in [5.74, 6) is -1.60. The van der Waals surface area contributed by atoms with Crippen LogP contribution in [0.4, 0.5) is 4.79 Å². The number of rotatable bonds is 4. The highest BCUT2D eigenvalue weighted by atomic mass is 79.9. The number of amides is 4. The molecule has 1 fully saturated rings. The Kier molecular flexibility index (Phi) is 3.94. The Labute approximate surface area is 124 Å². The lowest BCUT2D eigenvalue weighted by atomic mass is 10.3. The highest BCUT2D eigenvalue weighted by molar-refractivity contribution is 9.10. The zero-order chi connectivity index (χ0) is 15.0. The summed E-state index contributed by atoms with van der Waals surface area (Å²) in [4.78, 5) is 36.9. The average molecular weight is 343 g/mol. The van der Waals surface area contributed by atoms with Gasteiger partial charge in [-0.1, -0.05) is 6.92 Å². The number of carbonyl (C=O) groups excluding carboxylic acids is 3. The van der Waals surface area contributed by atoms with E-state index in [2.05, 4.69) is 21.0 Å². The third-order valence-corrected chi connectivity index (χ3v) is 4.17. The van der Waals surface area contributed by atoms with Crippen LogP contribution in [0.1, 0.15) is 25.2 Å². The SMILES string of the molecule is CCc1nn(CC)c(CN2C(=O)C(=O)N(C)C2=O)c1Br. The summed E-state index contributed by atoms with van der Waals surface area (Å²) < 4.78 is 2.51. The van der Waals surface area contributed by atoms with Gasteiger partial charge in [-0.3, -0.25) is 19.2 Å². The number of carbonyl (C=O) groups is 3. The van der Waals surface area contributed by atoms with E-state index in [1.54, 1.807) is 4.68 Å². The Morgan fingerprint density at radius 2 is 1.80 bits per heavy atom. The van der Waals surface area contributed by atoms with Crippen molar-refractivity contribution in [2.24, 2.45) is 0 Å². The summed E-state index contributed by atoms with van der Waals surface area (Å²) in [6, 6.07) is -0.603. The van der Waals surface area contributed by atoms with Crippen LogP contribution in [-0.4, -0.2) is 44.5 Å². The monoisotopic (exact) mass is 342 g/mol. The van der Waals surface area contributed by atoms with Crippen molar-refractivity contribution in [3.05, 3.63) is 15.9 Å². The average Bonchev–Trinajstić information content (AvgIpc) is 2.85. The second-order valence-electron chi connectivity index (χ2n) is 4.41. The van der Waals surface area contributed by atoms with Gasteiger partial charge in [-0.05, 0) is 29.3 Å².